The lowest BCUT2D eigenvalue weighted by Crippen LogP contribution is -2.27. The van der Waals surface area contributed by atoms with Crippen LogP contribution in [-0.4, -0.2) is 43.6 Å². The molecule has 0 unspecified atom stereocenters. The number of rotatable bonds is 8. The van der Waals surface area contributed by atoms with Gasteiger partial charge in [0.2, 0.25) is 5.78 Å². The first-order valence-corrected chi connectivity index (χ1v) is 8.73. The minimum atomic E-state index is -0.519. The van der Waals surface area contributed by atoms with E-state index < -0.39 is 12.0 Å². The van der Waals surface area contributed by atoms with Crippen LogP contribution in [0.2, 0.25) is 0 Å². The lowest BCUT2D eigenvalue weighted by atomic mass is 10.0. The van der Waals surface area contributed by atoms with Gasteiger partial charge in [0.25, 0.3) is 0 Å². The number of anilines is 1. The topological polar surface area (TPSA) is 89.7 Å². The molecule has 0 fully saturated rings. The summed E-state index contributed by atoms with van der Waals surface area (Å²) in [7, 11) is 3.12. The van der Waals surface area contributed by atoms with Gasteiger partial charge in [0.05, 0.1) is 38.1 Å². The number of hydrogen-bond donors (Lipinski definition) is 2. The molecule has 2 N–H and O–H groups in total. The third kappa shape index (κ3) is 4.24. The first-order valence-electron chi connectivity index (χ1n) is 8.73. The Morgan fingerprint density at radius 3 is 2.41 bits per heavy atom. The van der Waals surface area contributed by atoms with E-state index in [2.05, 4.69) is 10.3 Å². The molecule has 0 radical (unpaired) electrons. The number of carbonyl (C=O) groups excluding carboxylic acids is 2. The first-order chi connectivity index (χ1) is 12.8. The number of methoxy groups -OCH3 is 2. The number of ether oxygens (including phenoxy) is 3. The molecule has 1 aromatic carbocycles. The molecular weight excluding hydrogens is 348 g/mol. The number of esters is 1. The highest BCUT2D eigenvalue weighted by Gasteiger charge is 2.25. The molecule has 0 spiro atoms. The van der Waals surface area contributed by atoms with Gasteiger partial charge >= 0.3 is 5.97 Å². The van der Waals surface area contributed by atoms with Crippen molar-refractivity contribution in [1.82, 2.24) is 4.98 Å². The molecule has 2 aromatic rings. The highest BCUT2D eigenvalue weighted by Crippen LogP contribution is 2.30. The number of benzene rings is 1. The quantitative estimate of drug-likeness (QED) is 0.543. The van der Waals surface area contributed by atoms with Gasteiger partial charge in [0.15, 0.2) is 11.5 Å². The van der Waals surface area contributed by atoms with Crippen LogP contribution in [0.5, 0.6) is 11.5 Å². The van der Waals surface area contributed by atoms with E-state index in [9.17, 15) is 9.59 Å². The van der Waals surface area contributed by atoms with Gasteiger partial charge in [-0.05, 0) is 45.4 Å². The molecule has 2 rings (SSSR count). The molecule has 0 aliphatic rings. The van der Waals surface area contributed by atoms with E-state index in [4.69, 9.17) is 14.2 Å². The van der Waals surface area contributed by atoms with Gasteiger partial charge in [-0.2, -0.15) is 0 Å². The predicted molar refractivity (Wildman–Crippen MR) is 103 cm³/mol. The second kappa shape index (κ2) is 8.62. The summed E-state index contributed by atoms with van der Waals surface area (Å²) < 4.78 is 15.6. The van der Waals surface area contributed by atoms with E-state index in [-0.39, 0.29) is 12.4 Å². The maximum Gasteiger partial charge on any atom is 0.340 e. The van der Waals surface area contributed by atoms with Crippen LogP contribution >= 0.6 is 0 Å². The smallest absolute Gasteiger partial charge is 0.340 e. The molecule has 1 heterocycles. The Kier molecular flexibility index (Phi) is 6.50. The fraction of sp³-hybridized carbons (Fsp3) is 0.400. The lowest BCUT2D eigenvalue weighted by molar-refractivity contribution is 0.0525. The van der Waals surface area contributed by atoms with Crippen molar-refractivity contribution in [1.29, 1.82) is 0 Å². The monoisotopic (exact) mass is 374 g/mol. The molecule has 1 atom stereocenters. The molecule has 0 saturated heterocycles. The molecule has 7 nitrogen and oxygen atoms in total. The van der Waals surface area contributed by atoms with E-state index >= 15 is 0 Å². The highest BCUT2D eigenvalue weighted by atomic mass is 16.5. The van der Waals surface area contributed by atoms with Crippen molar-refractivity contribution in [2.24, 2.45) is 0 Å². The van der Waals surface area contributed by atoms with E-state index in [1.54, 1.807) is 54.0 Å². The molecule has 1 aromatic heterocycles. The predicted octanol–water partition coefficient (Wildman–Crippen LogP) is 3.51. The maximum absolute atomic E-state index is 12.9. The minimum Gasteiger partial charge on any atom is -0.493 e. The molecule has 0 saturated carbocycles. The zero-order valence-electron chi connectivity index (χ0n) is 16.6. The number of aromatic amines is 1. The molecule has 0 amide bonds. The van der Waals surface area contributed by atoms with Crippen LogP contribution in [-0.2, 0) is 4.74 Å². The summed E-state index contributed by atoms with van der Waals surface area (Å²) >= 11 is 0. The summed E-state index contributed by atoms with van der Waals surface area (Å²) in [5, 5.41) is 3.16. The average molecular weight is 374 g/mol. The summed E-state index contributed by atoms with van der Waals surface area (Å²) in [6, 6.07) is 4.82. The van der Waals surface area contributed by atoms with Gasteiger partial charge < -0.3 is 24.5 Å². The third-order valence-electron chi connectivity index (χ3n) is 4.32. The van der Waals surface area contributed by atoms with E-state index in [1.165, 1.54) is 0 Å². The summed E-state index contributed by atoms with van der Waals surface area (Å²) in [5.41, 5.74) is 2.75. The van der Waals surface area contributed by atoms with Crippen molar-refractivity contribution in [3.05, 3.63) is 40.7 Å². The van der Waals surface area contributed by atoms with Gasteiger partial charge in [-0.3, -0.25) is 4.79 Å². The number of aryl methyl sites for hydroxylation is 1. The fourth-order valence-electron chi connectivity index (χ4n) is 2.96. The standard InChI is InChI=1S/C20H26N2O5/c1-7-27-20(24)17-11(2)18(22-12(17)3)19(23)13(4)21-14-8-9-15(25-5)16(10-14)26-6/h8-10,13,21-22H,7H2,1-6H3/t13-/m1/s1. The summed E-state index contributed by atoms with van der Waals surface area (Å²) in [6.45, 7) is 7.28. The average Bonchev–Trinajstić information content (AvgIpc) is 2.95. The Bertz CT molecular complexity index is 841. The van der Waals surface area contributed by atoms with Crippen molar-refractivity contribution in [2.75, 3.05) is 26.1 Å². The van der Waals surface area contributed by atoms with Gasteiger partial charge in [-0.1, -0.05) is 0 Å². The summed E-state index contributed by atoms with van der Waals surface area (Å²) in [5.74, 6) is 0.597. The molecule has 0 bridgehead atoms. The Morgan fingerprint density at radius 1 is 1.15 bits per heavy atom. The van der Waals surface area contributed by atoms with Crippen LogP contribution in [0.1, 0.15) is 46.0 Å². The van der Waals surface area contributed by atoms with Crippen molar-refractivity contribution in [3.63, 3.8) is 0 Å². The van der Waals surface area contributed by atoms with E-state index in [0.29, 0.717) is 34.0 Å². The zero-order valence-corrected chi connectivity index (χ0v) is 16.6. The molecule has 0 aliphatic carbocycles. The van der Waals surface area contributed by atoms with Crippen LogP contribution in [0.3, 0.4) is 0 Å². The van der Waals surface area contributed by atoms with Gasteiger partial charge in [-0.25, -0.2) is 4.79 Å². The number of Topliss-reactive ketones (excluding diaryl/α,β-unsaturated/α-hetero) is 1. The number of aromatic nitrogens is 1. The van der Waals surface area contributed by atoms with Crippen LogP contribution < -0.4 is 14.8 Å². The fourth-order valence-corrected chi connectivity index (χ4v) is 2.96. The Morgan fingerprint density at radius 2 is 1.81 bits per heavy atom. The maximum atomic E-state index is 12.9. The number of ketones is 1. The van der Waals surface area contributed by atoms with E-state index in [0.717, 1.165) is 5.69 Å². The molecular formula is C20H26N2O5. The number of hydrogen-bond acceptors (Lipinski definition) is 6. The van der Waals surface area contributed by atoms with Crippen LogP contribution in [0, 0.1) is 13.8 Å². The van der Waals surface area contributed by atoms with Crippen molar-refractivity contribution in [3.8, 4) is 11.5 Å². The second-order valence-electron chi connectivity index (χ2n) is 6.15. The first kappa shape index (κ1) is 20.4. The van der Waals surface area contributed by atoms with Crippen LogP contribution in [0.25, 0.3) is 0 Å². The van der Waals surface area contributed by atoms with E-state index in [1.807, 2.05) is 6.07 Å². The molecule has 146 valence electrons. The van der Waals surface area contributed by atoms with Gasteiger partial charge in [-0.15, -0.1) is 0 Å². The zero-order chi connectivity index (χ0) is 20.1. The Hall–Kier alpha value is -2.96. The van der Waals surface area contributed by atoms with Gasteiger partial charge in [0.1, 0.15) is 0 Å². The minimum absolute atomic E-state index is 0.152. The van der Waals surface area contributed by atoms with Crippen molar-refractivity contribution < 1.29 is 23.8 Å². The highest BCUT2D eigenvalue weighted by molar-refractivity contribution is 6.04. The Labute approximate surface area is 159 Å². The lowest BCUT2D eigenvalue weighted by Gasteiger charge is -2.16. The number of H-pyrrole nitrogens is 1. The molecule has 0 aliphatic heterocycles. The molecule has 27 heavy (non-hydrogen) atoms. The number of nitrogens with one attached hydrogen (secondary N) is 2. The second-order valence-corrected chi connectivity index (χ2v) is 6.15. The Balaban J connectivity index is 2.23. The third-order valence-corrected chi connectivity index (χ3v) is 4.32. The number of carbonyl (C=O) groups is 2. The summed E-state index contributed by atoms with van der Waals surface area (Å²) in [4.78, 5) is 28.0. The largest absolute Gasteiger partial charge is 0.493 e. The van der Waals surface area contributed by atoms with Crippen molar-refractivity contribution >= 4 is 17.4 Å². The summed E-state index contributed by atoms with van der Waals surface area (Å²) in [6.07, 6.45) is 0. The SMILES string of the molecule is CCOC(=O)c1c(C)[nH]c(C(=O)[C@@H](C)Nc2ccc(OC)c(OC)c2)c1C. The van der Waals surface area contributed by atoms with Gasteiger partial charge in [0, 0.05) is 17.4 Å². The van der Waals surface area contributed by atoms with Crippen molar-refractivity contribution in [2.45, 2.75) is 33.7 Å². The van der Waals surface area contributed by atoms with Crippen LogP contribution in [0.15, 0.2) is 18.2 Å². The molecule has 7 heteroatoms. The van der Waals surface area contributed by atoms with Crippen LogP contribution in [0.4, 0.5) is 5.69 Å². The normalized spacial score (nSPS) is 11.6.